The van der Waals surface area contributed by atoms with E-state index >= 15 is 0 Å². The van der Waals surface area contributed by atoms with Crippen molar-refractivity contribution in [2.24, 2.45) is 0 Å². The van der Waals surface area contributed by atoms with Gasteiger partial charge in [0.1, 0.15) is 5.82 Å². The summed E-state index contributed by atoms with van der Waals surface area (Å²) in [7, 11) is 0. The molecule has 0 atom stereocenters. The molecule has 82 valence electrons. The molecule has 2 aliphatic rings. The van der Waals surface area contributed by atoms with E-state index < -0.39 is 0 Å². The molecule has 1 fully saturated rings. The minimum Gasteiger partial charge on any atom is -0.317 e. The summed E-state index contributed by atoms with van der Waals surface area (Å²) in [6.07, 6.45) is 4.60. The van der Waals surface area contributed by atoms with Gasteiger partial charge in [0.2, 0.25) is 0 Å². The molecule has 4 nitrogen and oxygen atoms in total. The lowest BCUT2D eigenvalue weighted by molar-refractivity contribution is 0.145. The molecule has 1 aromatic heterocycles. The van der Waals surface area contributed by atoms with Crippen molar-refractivity contribution in [3.63, 3.8) is 0 Å². The molecule has 0 saturated carbocycles. The summed E-state index contributed by atoms with van der Waals surface area (Å²) in [5, 5.41) is 3.42. The number of fused-ring (bicyclic) bond motifs is 1. The van der Waals surface area contributed by atoms with Gasteiger partial charge in [-0.1, -0.05) is 0 Å². The summed E-state index contributed by atoms with van der Waals surface area (Å²) in [4.78, 5) is 6.93. The molecule has 1 N–H and O–H groups in total. The number of imidazole rings is 1. The minimum absolute atomic E-state index is 0.769. The predicted octanol–water partition coefficient (Wildman–Crippen LogP) is 0.717. The van der Waals surface area contributed by atoms with Gasteiger partial charge in [-0.3, -0.25) is 4.90 Å². The van der Waals surface area contributed by atoms with Crippen LogP contribution in [0.15, 0.2) is 6.20 Å². The summed E-state index contributed by atoms with van der Waals surface area (Å²) in [6, 6.07) is 0.769. The van der Waals surface area contributed by atoms with Crippen LogP contribution in [0.1, 0.15) is 24.4 Å². The van der Waals surface area contributed by atoms with Gasteiger partial charge in [0.25, 0.3) is 0 Å². The van der Waals surface area contributed by atoms with Crippen LogP contribution in [0.2, 0.25) is 0 Å². The summed E-state index contributed by atoms with van der Waals surface area (Å²) >= 11 is 0. The molecule has 0 aromatic carbocycles. The van der Waals surface area contributed by atoms with Crippen molar-refractivity contribution in [1.82, 2.24) is 19.8 Å². The van der Waals surface area contributed by atoms with Gasteiger partial charge in [-0.25, -0.2) is 4.98 Å². The third-order valence-corrected chi connectivity index (χ3v) is 3.65. The van der Waals surface area contributed by atoms with Crippen molar-refractivity contribution in [1.29, 1.82) is 0 Å². The molecule has 1 saturated heterocycles. The normalized spacial score (nSPS) is 23.3. The smallest absolute Gasteiger partial charge is 0.106 e. The number of rotatable bonds is 1. The highest BCUT2D eigenvalue weighted by Gasteiger charge is 2.27. The van der Waals surface area contributed by atoms with Crippen LogP contribution in [0, 0.1) is 6.92 Å². The third-order valence-electron chi connectivity index (χ3n) is 3.65. The fourth-order valence-electron chi connectivity index (χ4n) is 2.69. The summed E-state index contributed by atoms with van der Waals surface area (Å²) in [5.74, 6) is 1.15. The molecule has 0 radical (unpaired) electrons. The number of piperidine rings is 1. The highest BCUT2D eigenvalue weighted by molar-refractivity contribution is 5.08. The highest BCUT2D eigenvalue weighted by Crippen LogP contribution is 2.23. The zero-order valence-electron chi connectivity index (χ0n) is 9.24. The first-order valence-electron chi connectivity index (χ1n) is 5.80. The lowest BCUT2D eigenvalue weighted by Gasteiger charge is -2.30. The monoisotopic (exact) mass is 206 g/mol. The first kappa shape index (κ1) is 9.36. The Balaban J connectivity index is 1.72. The van der Waals surface area contributed by atoms with Crippen molar-refractivity contribution in [2.45, 2.75) is 39.0 Å². The number of hydrogen-bond donors (Lipinski definition) is 1. The highest BCUT2D eigenvalue weighted by atomic mass is 15.3. The molecule has 15 heavy (non-hydrogen) atoms. The van der Waals surface area contributed by atoms with Crippen molar-refractivity contribution in [2.75, 3.05) is 13.1 Å². The van der Waals surface area contributed by atoms with Crippen LogP contribution in [0.4, 0.5) is 0 Å². The summed E-state index contributed by atoms with van der Waals surface area (Å²) in [6.45, 7) is 6.58. The minimum atomic E-state index is 0.769. The Morgan fingerprint density at radius 3 is 2.93 bits per heavy atom. The number of aryl methyl sites for hydroxylation is 1. The fourth-order valence-corrected chi connectivity index (χ4v) is 2.69. The Hall–Kier alpha value is -0.870. The largest absolute Gasteiger partial charge is 0.317 e. The van der Waals surface area contributed by atoms with E-state index in [9.17, 15) is 0 Å². The second-order valence-electron chi connectivity index (χ2n) is 4.59. The van der Waals surface area contributed by atoms with Gasteiger partial charge in [0.05, 0.1) is 12.4 Å². The Morgan fingerprint density at radius 2 is 2.20 bits per heavy atom. The Morgan fingerprint density at radius 1 is 1.40 bits per heavy atom. The van der Waals surface area contributed by atoms with Gasteiger partial charge in [-0.2, -0.15) is 0 Å². The van der Waals surface area contributed by atoms with Crippen molar-refractivity contribution < 1.29 is 0 Å². The van der Waals surface area contributed by atoms with E-state index in [1.807, 2.05) is 6.20 Å². The van der Waals surface area contributed by atoms with E-state index in [2.05, 4.69) is 26.7 Å². The van der Waals surface area contributed by atoms with Crippen LogP contribution in [-0.2, 0) is 13.2 Å². The maximum atomic E-state index is 4.34. The Kier molecular flexibility index (Phi) is 2.25. The van der Waals surface area contributed by atoms with Gasteiger partial charge in [-0.05, 0) is 32.9 Å². The molecular formula is C11H18N4. The molecule has 0 spiro atoms. The lowest BCUT2D eigenvalue weighted by Crippen LogP contribution is -2.40. The van der Waals surface area contributed by atoms with E-state index in [1.54, 1.807) is 0 Å². The van der Waals surface area contributed by atoms with Crippen molar-refractivity contribution >= 4 is 0 Å². The average molecular weight is 206 g/mol. The van der Waals surface area contributed by atoms with Crippen LogP contribution in [0.5, 0.6) is 0 Å². The number of nitrogens with zero attached hydrogens (tertiary/aromatic N) is 3. The zero-order chi connectivity index (χ0) is 10.3. The van der Waals surface area contributed by atoms with Crippen LogP contribution < -0.4 is 5.32 Å². The van der Waals surface area contributed by atoms with Crippen LogP contribution in [0.25, 0.3) is 0 Å². The van der Waals surface area contributed by atoms with Crippen molar-refractivity contribution in [3.05, 3.63) is 17.7 Å². The molecular weight excluding hydrogens is 188 g/mol. The Bertz CT molecular complexity index is 351. The van der Waals surface area contributed by atoms with Gasteiger partial charge < -0.3 is 9.88 Å². The topological polar surface area (TPSA) is 33.1 Å². The predicted molar refractivity (Wildman–Crippen MR) is 58.4 cm³/mol. The number of nitrogens with one attached hydrogen (secondary N) is 1. The maximum absolute atomic E-state index is 4.34. The molecule has 0 bridgehead atoms. The first-order valence-corrected chi connectivity index (χ1v) is 5.80. The van der Waals surface area contributed by atoms with Crippen LogP contribution >= 0.6 is 0 Å². The second-order valence-corrected chi connectivity index (χ2v) is 4.59. The molecule has 4 heteroatoms. The van der Waals surface area contributed by atoms with E-state index in [-0.39, 0.29) is 0 Å². The Labute approximate surface area is 90.3 Å². The second kappa shape index (κ2) is 3.61. The van der Waals surface area contributed by atoms with Gasteiger partial charge >= 0.3 is 0 Å². The fraction of sp³-hybridized carbons (Fsp3) is 0.727. The molecule has 0 amide bonds. The van der Waals surface area contributed by atoms with Crippen molar-refractivity contribution in [3.8, 4) is 0 Å². The summed E-state index contributed by atoms with van der Waals surface area (Å²) in [5.41, 5.74) is 1.38. The van der Waals surface area contributed by atoms with E-state index in [0.29, 0.717) is 0 Å². The quantitative estimate of drug-likeness (QED) is 0.735. The number of aromatic nitrogens is 2. The molecule has 3 heterocycles. The van der Waals surface area contributed by atoms with E-state index in [0.717, 1.165) is 25.1 Å². The van der Waals surface area contributed by atoms with Gasteiger partial charge in [0.15, 0.2) is 0 Å². The van der Waals surface area contributed by atoms with E-state index in [1.165, 1.54) is 31.6 Å². The third kappa shape index (κ3) is 1.58. The lowest BCUT2D eigenvalue weighted by atomic mass is 10.1. The van der Waals surface area contributed by atoms with Crippen LogP contribution in [0.3, 0.4) is 0 Å². The SMILES string of the molecule is Cc1ncc2n1CN(C1CCNCC1)C2. The maximum Gasteiger partial charge on any atom is 0.106 e. The van der Waals surface area contributed by atoms with E-state index in [4.69, 9.17) is 0 Å². The van der Waals surface area contributed by atoms with Gasteiger partial charge in [0, 0.05) is 18.8 Å². The molecule has 0 unspecified atom stereocenters. The molecule has 0 aliphatic carbocycles. The molecule has 2 aliphatic heterocycles. The first-order chi connectivity index (χ1) is 7.34. The average Bonchev–Trinajstić information content (AvgIpc) is 2.83. The standard InChI is InChI=1S/C11H18N4/c1-9-13-6-11-7-14(8-15(9)11)10-2-4-12-5-3-10/h6,10,12H,2-5,7-8H2,1H3. The molecule has 1 aromatic rings. The zero-order valence-corrected chi connectivity index (χ0v) is 9.24. The van der Waals surface area contributed by atoms with Crippen LogP contribution in [-0.4, -0.2) is 33.6 Å². The number of hydrogen-bond acceptors (Lipinski definition) is 3. The molecule has 3 rings (SSSR count). The summed E-state index contributed by atoms with van der Waals surface area (Å²) < 4.78 is 2.34. The van der Waals surface area contributed by atoms with Gasteiger partial charge in [-0.15, -0.1) is 0 Å².